The molecule has 0 spiro atoms. The van der Waals surface area contributed by atoms with Crippen LogP contribution < -0.4 is 15.4 Å². The molecule has 3 rings (SSSR count). The fourth-order valence-electron chi connectivity index (χ4n) is 2.60. The minimum absolute atomic E-state index is 0.0000520. The van der Waals surface area contributed by atoms with Crippen molar-refractivity contribution >= 4 is 29.3 Å². The Bertz CT molecular complexity index is 809. The van der Waals surface area contributed by atoms with Gasteiger partial charge in [0.05, 0.1) is 12.8 Å². The summed E-state index contributed by atoms with van der Waals surface area (Å²) >= 11 is 1.32. The number of hydrogen-bond donors (Lipinski definition) is 2. The van der Waals surface area contributed by atoms with Crippen LogP contribution in [-0.2, 0) is 9.59 Å². The van der Waals surface area contributed by atoms with Crippen LogP contribution in [-0.4, -0.2) is 30.6 Å². The smallest absolute Gasteiger partial charge is 0.245 e. The number of nitrogens with zero attached hydrogens (tertiary/aromatic N) is 1. The molecule has 2 amide bonds. The van der Waals surface area contributed by atoms with Gasteiger partial charge in [0.2, 0.25) is 11.8 Å². The van der Waals surface area contributed by atoms with Gasteiger partial charge >= 0.3 is 0 Å². The normalized spacial score (nSPS) is 16.6. The number of rotatable bonds is 4. The highest BCUT2D eigenvalue weighted by molar-refractivity contribution is 8.00. The number of amides is 2. The molecule has 3 N–H and O–H groups in total. The number of benzene rings is 2. The molecular formula is C17H16N2O4S. The van der Waals surface area contributed by atoms with E-state index in [0.717, 1.165) is 4.90 Å². The number of methoxy groups -OCH3 is 1. The first-order valence-electron chi connectivity index (χ1n) is 7.23. The lowest BCUT2D eigenvalue weighted by Gasteiger charge is -2.33. The summed E-state index contributed by atoms with van der Waals surface area (Å²) in [5.74, 6) is -0.365. The maximum Gasteiger partial charge on any atom is 0.245 e. The zero-order chi connectivity index (χ0) is 17.3. The number of nitrogens with two attached hydrogens (primary N) is 1. The quantitative estimate of drug-likeness (QED) is 0.886. The zero-order valence-corrected chi connectivity index (χ0v) is 13.7. The summed E-state index contributed by atoms with van der Waals surface area (Å²) < 4.78 is 5.18. The van der Waals surface area contributed by atoms with Crippen molar-refractivity contribution in [1.29, 1.82) is 0 Å². The standard InChI is InChI=1S/C17H16N2O4S/c1-23-10-6-7-13(20)11(8-10)16-17(22)19(9-15(18)21)12-4-2-3-5-14(12)24-16/h2-8,16,20H,9H2,1H3,(H2,18,21). The van der Waals surface area contributed by atoms with Gasteiger partial charge in [-0.25, -0.2) is 0 Å². The Labute approximate surface area is 143 Å². The van der Waals surface area contributed by atoms with Crippen molar-refractivity contribution in [2.45, 2.75) is 10.1 Å². The Morgan fingerprint density at radius 2 is 2.08 bits per heavy atom. The minimum Gasteiger partial charge on any atom is -0.508 e. The lowest BCUT2D eigenvalue weighted by Crippen LogP contribution is -2.42. The van der Waals surface area contributed by atoms with Crippen LogP contribution in [0.2, 0.25) is 0 Å². The highest BCUT2D eigenvalue weighted by atomic mass is 32.2. The number of phenolic OH excluding ortho intramolecular Hbond substituents is 1. The molecule has 7 heteroatoms. The van der Waals surface area contributed by atoms with E-state index < -0.39 is 11.2 Å². The number of fused-ring (bicyclic) bond motifs is 1. The summed E-state index contributed by atoms with van der Waals surface area (Å²) in [7, 11) is 1.51. The van der Waals surface area contributed by atoms with E-state index >= 15 is 0 Å². The Kier molecular flexibility index (Phi) is 4.35. The van der Waals surface area contributed by atoms with Gasteiger partial charge in [0.1, 0.15) is 23.3 Å². The number of carbonyl (C=O) groups excluding carboxylic acids is 2. The van der Waals surface area contributed by atoms with Crippen molar-refractivity contribution in [2.75, 3.05) is 18.6 Å². The zero-order valence-electron chi connectivity index (χ0n) is 12.9. The van der Waals surface area contributed by atoms with Crippen molar-refractivity contribution in [3.8, 4) is 11.5 Å². The number of hydrogen-bond acceptors (Lipinski definition) is 5. The van der Waals surface area contributed by atoms with Gasteiger partial charge in [-0.1, -0.05) is 12.1 Å². The number of anilines is 1. The summed E-state index contributed by atoms with van der Waals surface area (Å²) in [4.78, 5) is 26.5. The third kappa shape index (κ3) is 2.90. The van der Waals surface area contributed by atoms with E-state index in [9.17, 15) is 14.7 Å². The fourth-order valence-corrected chi connectivity index (χ4v) is 3.86. The van der Waals surface area contributed by atoms with E-state index in [2.05, 4.69) is 0 Å². The van der Waals surface area contributed by atoms with E-state index in [-0.39, 0.29) is 18.2 Å². The third-order valence-electron chi connectivity index (χ3n) is 3.72. The van der Waals surface area contributed by atoms with Crippen molar-refractivity contribution < 1.29 is 19.4 Å². The second-order valence-corrected chi connectivity index (χ2v) is 6.43. The first-order valence-corrected chi connectivity index (χ1v) is 8.11. The average molecular weight is 344 g/mol. The minimum atomic E-state index is -0.686. The van der Waals surface area contributed by atoms with Crippen molar-refractivity contribution in [2.24, 2.45) is 5.73 Å². The van der Waals surface area contributed by atoms with Gasteiger partial charge in [0.15, 0.2) is 0 Å². The molecule has 1 unspecified atom stereocenters. The van der Waals surface area contributed by atoms with Crippen LogP contribution in [0.1, 0.15) is 10.8 Å². The number of thioether (sulfide) groups is 1. The predicted molar refractivity (Wildman–Crippen MR) is 91.2 cm³/mol. The van der Waals surface area contributed by atoms with E-state index in [0.29, 0.717) is 17.0 Å². The molecule has 0 radical (unpaired) electrons. The Morgan fingerprint density at radius 3 is 2.79 bits per heavy atom. The van der Waals surface area contributed by atoms with Gasteiger partial charge in [-0.3, -0.25) is 9.59 Å². The van der Waals surface area contributed by atoms with Crippen molar-refractivity contribution in [3.05, 3.63) is 48.0 Å². The molecule has 24 heavy (non-hydrogen) atoms. The van der Waals surface area contributed by atoms with E-state index in [1.165, 1.54) is 29.8 Å². The van der Waals surface area contributed by atoms with Gasteiger partial charge in [0, 0.05) is 10.5 Å². The van der Waals surface area contributed by atoms with Gasteiger partial charge < -0.3 is 20.5 Å². The first kappa shape index (κ1) is 16.2. The monoisotopic (exact) mass is 344 g/mol. The van der Waals surface area contributed by atoms with Crippen LogP contribution in [0.5, 0.6) is 11.5 Å². The molecular weight excluding hydrogens is 328 g/mol. The molecule has 1 heterocycles. The van der Waals surface area contributed by atoms with Crippen LogP contribution in [0.25, 0.3) is 0 Å². The summed E-state index contributed by atoms with van der Waals surface area (Å²) in [6, 6.07) is 12.0. The number of phenols is 1. The summed E-state index contributed by atoms with van der Waals surface area (Å²) in [5.41, 5.74) is 6.38. The largest absolute Gasteiger partial charge is 0.508 e. The SMILES string of the molecule is COc1ccc(O)c(C2Sc3ccccc3N(CC(N)=O)C2=O)c1. The molecule has 6 nitrogen and oxygen atoms in total. The maximum absolute atomic E-state index is 12.9. The van der Waals surface area contributed by atoms with Crippen LogP contribution >= 0.6 is 11.8 Å². The molecule has 0 aliphatic carbocycles. The molecule has 2 aromatic rings. The van der Waals surface area contributed by atoms with E-state index in [1.54, 1.807) is 24.3 Å². The number of ether oxygens (including phenoxy) is 1. The van der Waals surface area contributed by atoms with Crippen molar-refractivity contribution in [1.82, 2.24) is 0 Å². The first-order chi connectivity index (χ1) is 11.5. The molecule has 124 valence electrons. The highest BCUT2D eigenvalue weighted by Gasteiger charge is 2.36. The van der Waals surface area contributed by atoms with Crippen LogP contribution in [0.15, 0.2) is 47.4 Å². The van der Waals surface area contributed by atoms with Gasteiger partial charge in [-0.15, -0.1) is 11.8 Å². The molecule has 0 fully saturated rings. The lowest BCUT2D eigenvalue weighted by atomic mass is 10.1. The number of para-hydroxylation sites is 1. The molecule has 1 aliphatic heterocycles. The Hall–Kier alpha value is -2.67. The molecule has 0 saturated carbocycles. The second-order valence-electron chi connectivity index (χ2n) is 5.28. The average Bonchev–Trinajstić information content (AvgIpc) is 2.57. The van der Waals surface area contributed by atoms with E-state index in [4.69, 9.17) is 10.5 Å². The Balaban J connectivity index is 2.08. The predicted octanol–water partition coefficient (Wildman–Crippen LogP) is 2.07. The van der Waals surface area contributed by atoms with Crippen LogP contribution in [0.4, 0.5) is 5.69 Å². The fraction of sp³-hybridized carbons (Fsp3) is 0.176. The second kappa shape index (κ2) is 6.45. The van der Waals surface area contributed by atoms with E-state index in [1.807, 2.05) is 12.1 Å². The summed E-state index contributed by atoms with van der Waals surface area (Å²) in [6.45, 7) is -0.211. The summed E-state index contributed by atoms with van der Waals surface area (Å²) in [5, 5.41) is 9.50. The summed E-state index contributed by atoms with van der Waals surface area (Å²) in [6.07, 6.45) is 0. The van der Waals surface area contributed by atoms with Crippen molar-refractivity contribution in [3.63, 3.8) is 0 Å². The van der Waals surface area contributed by atoms with Gasteiger partial charge in [-0.05, 0) is 30.3 Å². The highest BCUT2D eigenvalue weighted by Crippen LogP contribution is 2.48. The molecule has 1 aliphatic rings. The van der Waals surface area contributed by atoms with Crippen LogP contribution in [0, 0.1) is 0 Å². The van der Waals surface area contributed by atoms with Gasteiger partial charge in [0.25, 0.3) is 0 Å². The maximum atomic E-state index is 12.9. The molecule has 2 aromatic carbocycles. The number of aromatic hydroxyl groups is 1. The number of primary amides is 1. The molecule has 1 atom stereocenters. The van der Waals surface area contributed by atoms with Crippen LogP contribution in [0.3, 0.4) is 0 Å². The molecule has 0 aromatic heterocycles. The molecule has 0 saturated heterocycles. The Morgan fingerprint density at radius 1 is 1.33 bits per heavy atom. The number of carbonyl (C=O) groups is 2. The molecule has 0 bridgehead atoms. The van der Waals surface area contributed by atoms with Gasteiger partial charge in [-0.2, -0.15) is 0 Å². The topological polar surface area (TPSA) is 92.9 Å². The lowest BCUT2D eigenvalue weighted by molar-refractivity contribution is -0.122. The third-order valence-corrected chi connectivity index (χ3v) is 5.01.